The summed E-state index contributed by atoms with van der Waals surface area (Å²) >= 11 is 0. The van der Waals surface area contributed by atoms with E-state index in [4.69, 9.17) is 0 Å². The van der Waals surface area contributed by atoms with E-state index in [2.05, 4.69) is 16.9 Å². The zero-order valence-corrected chi connectivity index (χ0v) is 6.20. The number of benzene rings is 1. The molecule has 0 aliphatic heterocycles. The Bertz CT molecular complexity index is 239. The van der Waals surface area contributed by atoms with E-state index in [1.807, 2.05) is 30.3 Å². The Morgan fingerprint density at radius 3 is 2.64 bits per heavy atom. The first-order valence-corrected chi connectivity index (χ1v) is 3.37. The van der Waals surface area contributed by atoms with Crippen molar-refractivity contribution in [1.29, 1.82) is 0 Å². The molecule has 0 aliphatic carbocycles. The molecule has 2 nitrogen and oxygen atoms in total. The minimum absolute atomic E-state index is 1.03. The third-order valence-corrected chi connectivity index (χ3v) is 1.18. The molecule has 0 saturated heterocycles. The van der Waals surface area contributed by atoms with E-state index in [0.717, 1.165) is 5.69 Å². The highest BCUT2D eigenvalue weighted by atomic mass is 14.9. The third-order valence-electron chi connectivity index (χ3n) is 1.18. The zero-order valence-electron chi connectivity index (χ0n) is 6.20. The average Bonchev–Trinajstić information content (AvgIpc) is 2.07. The van der Waals surface area contributed by atoms with Gasteiger partial charge in [0.1, 0.15) is 0 Å². The summed E-state index contributed by atoms with van der Waals surface area (Å²) in [6.45, 7) is 3.45. The number of para-hydroxylation sites is 1. The van der Waals surface area contributed by atoms with Gasteiger partial charge in [-0.25, -0.2) is 4.99 Å². The summed E-state index contributed by atoms with van der Waals surface area (Å²) in [6, 6.07) is 9.83. The van der Waals surface area contributed by atoms with Crippen molar-refractivity contribution in [2.45, 2.75) is 0 Å². The summed E-state index contributed by atoms with van der Waals surface area (Å²) in [5, 5.41) is 2.98. The van der Waals surface area contributed by atoms with Gasteiger partial charge < -0.3 is 5.32 Å². The Kier molecular flexibility index (Phi) is 2.93. The van der Waals surface area contributed by atoms with Crippen LogP contribution in [0.4, 0.5) is 5.69 Å². The van der Waals surface area contributed by atoms with Crippen molar-refractivity contribution in [3.05, 3.63) is 43.1 Å². The summed E-state index contributed by atoms with van der Waals surface area (Å²) < 4.78 is 0. The summed E-state index contributed by atoms with van der Waals surface area (Å²) in [6.07, 6.45) is 3.08. The molecule has 0 unspecified atom stereocenters. The standard InChI is InChI=1S/C9H10N2/c1-2-10-8-11-9-6-4-3-5-7-9/h2-8H,1H2,(H,10,11). The summed E-state index contributed by atoms with van der Waals surface area (Å²) in [4.78, 5) is 3.79. The Hall–Kier alpha value is -1.57. The molecule has 0 aromatic heterocycles. The highest BCUT2D eigenvalue weighted by Crippen LogP contribution is 2.02. The summed E-state index contributed by atoms with van der Waals surface area (Å²) in [5.74, 6) is 0. The van der Waals surface area contributed by atoms with E-state index in [1.165, 1.54) is 6.20 Å². The van der Waals surface area contributed by atoms with E-state index in [9.17, 15) is 0 Å². The summed E-state index contributed by atoms with van der Waals surface area (Å²) in [5.41, 5.74) is 1.03. The average molecular weight is 146 g/mol. The Labute approximate surface area is 66.3 Å². The smallest absolute Gasteiger partial charge is 0.0922 e. The first-order valence-electron chi connectivity index (χ1n) is 3.37. The molecule has 56 valence electrons. The quantitative estimate of drug-likeness (QED) is 0.513. The van der Waals surface area contributed by atoms with Gasteiger partial charge in [-0.1, -0.05) is 24.8 Å². The molecule has 1 rings (SSSR count). The van der Waals surface area contributed by atoms with E-state index in [-0.39, 0.29) is 0 Å². The molecule has 1 aromatic carbocycles. The van der Waals surface area contributed by atoms with E-state index < -0.39 is 0 Å². The molecular formula is C9H10N2. The zero-order chi connectivity index (χ0) is 7.94. The molecule has 11 heavy (non-hydrogen) atoms. The fourth-order valence-corrected chi connectivity index (χ4v) is 0.699. The van der Waals surface area contributed by atoms with E-state index >= 15 is 0 Å². The lowest BCUT2D eigenvalue weighted by Crippen LogP contribution is -1.92. The molecule has 2 heteroatoms. The van der Waals surface area contributed by atoms with Gasteiger partial charge in [-0.3, -0.25) is 0 Å². The van der Waals surface area contributed by atoms with Crippen LogP contribution in [0.3, 0.4) is 0 Å². The second-order valence-electron chi connectivity index (χ2n) is 1.97. The Morgan fingerprint density at radius 1 is 1.27 bits per heavy atom. The van der Waals surface area contributed by atoms with Crippen molar-refractivity contribution in [1.82, 2.24) is 0 Å². The molecule has 0 spiro atoms. The van der Waals surface area contributed by atoms with Crippen molar-refractivity contribution < 1.29 is 0 Å². The molecule has 0 radical (unpaired) electrons. The molecule has 0 atom stereocenters. The van der Waals surface area contributed by atoms with Gasteiger partial charge in [0.05, 0.1) is 6.34 Å². The third kappa shape index (κ3) is 2.67. The Balaban J connectivity index is 2.51. The van der Waals surface area contributed by atoms with Crippen LogP contribution < -0.4 is 5.32 Å². The highest BCUT2D eigenvalue weighted by molar-refractivity contribution is 5.75. The molecule has 0 fully saturated rings. The van der Waals surface area contributed by atoms with Crippen molar-refractivity contribution in [3.8, 4) is 0 Å². The van der Waals surface area contributed by atoms with E-state index in [1.54, 1.807) is 6.34 Å². The van der Waals surface area contributed by atoms with Crippen molar-refractivity contribution >= 4 is 12.0 Å². The van der Waals surface area contributed by atoms with Crippen LogP contribution in [-0.2, 0) is 0 Å². The number of hydrogen-bond acceptors (Lipinski definition) is 1. The van der Waals surface area contributed by atoms with Crippen molar-refractivity contribution in [2.75, 3.05) is 5.32 Å². The molecule has 0 bridgehead atoms. The van der Waals surface area contributed by atoms with E-state index in [0.29, 0.717) is 0 Å². The van der Waals surface area contributed by atoms with Gasteiger partial charge in [-0.05, 0) is 12.1 Å². The maximum atomic E-state index is 3.79. The number of hydrogen-bond donors (Lipinski definition) is 1. The van der Waals surface area contributed by atoms with Gasteiger partial charge in [0.2, 0.25) is 0 Å². The first-order chi connectivity index (χ1) is 5.43. The van der Waals surface area contributed by atoms with Crippen LogP contribution in [-0.4, -0.2) is 6.34 Å². The van der Waals surface area contributed by atoms with Crippen LogP contribution in [0.2, 0.25) is 0 Å². The minimum atomic E-state index is 1.03. The molecule has 0 aliphatic rings. The molecule has 0 heterocycles. The molecule has 0 saturated carbocycles. The molecule has 1 N–H and O–H groups in total. The lowest BCUT2D eigenvalue weighted by Gasteiger charge is -1.96. The lowest BCUT2D eigenvalue weighted by atomic mass is 10.3. The Morgan fingerprint density at radius 2 is 2.00 bits per heavy atom. The number of rotatable bonds is 3. The monoisotopic (exact) mass is 146 g/mol. The van der Waals surface area contributed by atoms with Crippen LogP contribution in [0.15, 0.2) is 48.1 Å². The molecule has 0 amide bonds. The number of aliphatic imine (C=N–C) groups is 1. The van der Waals surface area contributed by atoms with Crippen molar-refractivity contribution in [2.24, 2.45) is 4.99 Å². The van der Waals surface area contributed by atoms with Crippen LogP contribution >= 0.6 is 0 Å². The lowest BCUT2D eigenvalue weighted by molar-refractivity contribution is 1.57. The number of anilines is 1. The van der Waals surface area contributed by atoms with Crippen LogP contribution in [0.25, 0.3) is 0 Å². The SMILES string of the molecule is C=C/N=C/Nc1ccccc1. The highest BCUT2D eigenvalue weighted by Gasteiger charge is 1.81. The fraction of sp³-hybridized carbons (Fsp3) is 0. The maximum absolute atomic E-state index is 3.79. The minimum Gasteiger partial charge on any atom is -0.346 e. The summed E-state index contributed by atoms with van der Waals surface area (Å²) in [7, 11) is 0. The first kappa shape index (κ1) is 7.54. The van der Waals surface area contributed by atoms with Crippen LogP contribution in [0.1, 0.15) is 0 Å². The van der Waals surface area contributed by atoms with Crippen LogP contribution in [0, 0.1) is 0 Å². The topological polar surface area (TPSA) is 24.4 Å². The fourth-order valence-electron chi connectivity index (χ4n) is 0.699. The number of nitrogens with zero attached hydrogens (tertiary/aromatic N) is 1. The predicted octanol–water partition coefficient (Wildman–Crippen LogP) is 2.27. The van der Waals surface area contributed by atoms with Gasteiger partial charge in [-0.2, -0.15) is 0 Å². The second-order valence-corrected chi connectivity index (χ2v) is 1.97. The van der Waals surface area contributed by atoms with Crippen LogP contribution in [0.5, 0.6) is 0 Å². The van der Waals surface area contributed by atoms with Gasteiger partial charge >= 0.3 is 0 Å². The molecular weight excluding hydrogens is 136 g/mol. The van der Waals surface area contributed by atoms with Gasteiger partial charge in [0.15, 0.2) is 0 Å². The van der Waals surface area contributed by atoms with Gasteiger partial charge in [0.25, 0.3) is 0 Å². The predicted molar refractivity (Wildman–Crippen MR) is 48.8 cm³/mol. The van der Waals surface area contributed by atoms with Crippen molar-refractivity contribution in [3.63, 3.8) is 0 Å². The molecule has 1 aromatic rings. The normalized spacial score (nSPS) is 9.82. The largest absolute Gasteiger partial charge is 0.346 e. The second kappa shape index (κ2) is 4.28. The van der Waals surface area contributed by atoms with Gasteiger partial charge in [-0.15, -0.1) is 0 Å². The van der Waals surface area contributed by atoms with Gasteiger partial charge in [0, 0.05) is 11.9 Å². The number of nitrogens with one attached hydrogen (secondary N) is 1. The maximum Gasteiger partial charge on any atom is 0.0922 e.